The van der Waals surface area contributed by atoms with Gasteiger partial charge < -0.3 is 20.1 Å². The van der Waals surface area contributed by atoms with Gasteiger partial charge >= 0.3 is 0 Å². The monoisotopic (exact) mass is 444 g/mol. The molecule has 0 aliphatic heterocycles. The van der Waals surface area contributed by atoms with Crippen LogP contribution in [0, 0.1) is 6.92 Å². The zero-order chi connectivity index (χ0) is 23.6. The van der Waals surface area contributed by atoms with Crippen molar-refractivity contribution in [3.8, 4) is 11.5 Å². The van der Waals surface area contributed by atoms with E-state index in [0.717, 1.165) is 11.1 Å². The molecule has 0 unspecified atom stereocenters. The molecule has 3 aromatic carbocycles. The Bertz CT molecular complexity index is 1120. The van der Waals surface area contributed by atoms with Crippen molar-refractivity contribution >= 4 is 29.3 Å². The lowest BCUT2D eigenvalue weighted by Gasteiger charge is -2.17. The molecule has 0 aliphatic rings. The number of carbonyl (C=O) groups is 2. The van der Waals surface area contributed by atoms with Gasteiger partial charge in [-0.2, -0.15) is 0 Å². The molecule has 170 valence electrons. The van der Waals surface area contributed by atoms with E-state index >= 15 is 0 Å². The lowest BCUT2D eigenvalue weighted by atomic mass is 10.1. The molecule has 0 aliphatic carbocycles. The van der Waals surface area contributed by atoms with Gasteiger partial charge in [0, 0.05) is 23.8 Å². The van der Waals surface area contributed by atoms with Gasteiger partial charge in [0.05, 0.1) is 24.6 Å². The third kappa shape index (κ3) is 6.71. The van der Waals surface area contributed by atoms with Gasteiger partial charge in [0.25, 0.3) is 5.91 Å². The van der Waals surface area contributed by atoms with Crippen LogP contribution < -0.4 is 20.1 Å². The van der Waals surface area contributed by atoms with Crippen molar-refractivity contribution in [1.29, 1.82) is 0 Å². The Morgan fingerprint density at radius 2 is 1.39 bits per heavy atom. The maximum absolute atomic E-state index is 12.7. The van der Waals surface area contributed by atoms with E-state index in [9.17, 15) is 9.59 Å². The molecule has 0 spiro atoms. The first-order valence-corrected chi connectivity index (χ1v) is 10.9. The van der Waals surface area contributed by atoms with Crippen LogP contribution in [0.4, 0.5) is 11.4 Å². The summed E-state index contributed by atoms with van der Waals surface area (Å²) in [7, 11) is 0. The average Bonchev–Trinajstić information content (AvgIpc) is 2.82. The topological polar surface area (TPSA) is 76.7 Å². The van der Waals surface area contributed by atoms with E-state index in [4.69, 9.17) is 9.47 Å². The second kappa shape index (κ2) is 11.5. The number of benzene rings is 3. The Hall–Kier alpha value is -4.06. The summed E-state index contributed by atoms with van der Waals surface area (Å²) in [6.45, 7) is 6.49. The maximum atomic E-state index is 12.7. The van der Waals surface area contributed by atoms with Crippen molar-refractivity contribution in [2.45, 2.75) is 20.8 Å². The predicted octanol–water partition coefficient (Wildman–Crippen LogP) is 5.70. The number of nitrogens with one attached hydrogen (secondary N) is 2. The minimum absolute atomic E-state index is 0.267. The van der Waals surface area contributed by atoms with Crippen molar-refractivity contribution in [3.63, 3.8) is 0 Å². The number of amides is 2. The summed E-state index contributed by atoms with van der Waals surface area (Å²) < 4.78 is 11.5. The molecule has 3 aromatic rings. The molecule has 0 saturated carbocycles. The Morgan fingerprint density at radius 3 is 1.97 bits per heavy atom. The first-order valence-electron chi connectivity index (χ1n) is 10.9. The second-order valence-corrected chi connectivity index (χ2v) is 7.26. The standard InChI is InChI=1S/C27H28N2O4/c1-4-32-24-18-23(29-27(31)21-9-7-6-8-10-21)25(33-5-2)17-22(24)28-26(30)16-15-20-13-11-19(3)12-14-20/h6-18H,4-5H2,1-3H3,(H,28,30)(H,29,31). The fourth-order valence-electron chi connectivity index (χ4n) is 3.11. The minimum Gasteiger partial charge on any atom is -0.492 e. The molecule has 0 fully saturated rings. The van der Waals surface area contributed by atoms with Crippen molar-refractivity contribution in [1.82, 2.24) is 0 Å². The highest BCUT2D eigenvalue weighted by molar-refractivity contribution is 6.06. The second-order valence-electron chi connectivity index (χ2n) is 7.26. The van der Waals surface area contributed by atoms with Crippen LogP contribution in [-0.2, 0) is 4.79 Å². The van der Waals surface area contributed by atoms with Gasteiger partial charge in [-0.3, -0.25) is 9.59 Å². The Balaban J connectivity index is 1.84. The van der Waals surface area contributed by atoms with E-state index in [-0.39, 0.29) is 11.8 Å². The Labute approximate surface area is 194 Å². The molecule has 0 saturated heterocycles. The van der Waals surface area contributed by atoms with Gasteiger partial charge in [-0.05, 0) is 44.5 Å². The molecule has 3 rings (SSSR count). The molecule has 0 atom stereocenters. The highest BCUT2D eigenvalue weighted by atomic mass is 16.5. The smallest absolute Gasteiger partial charge is 0.255 e. The van der Waals surface area contributed by atoms with Gasteiger partial charge in [0.2, 0.25) is 5.91 Å². The molecule has 0 aromatic heterocycles. The summed E-state index contributed by atoms with van der Waals surface area (Å²) in [6, 6.07) is 20.1. The van der Waals surface area contributed by atoms with Crippen LogP contribution in [0.25, 0.3) is 6.08 Å². The molecular formula is C27H28N2O4. The summed E-state index contributed by atoms with van der Waals surface area (Å²) in [5, 5.41) is 5.72. The molecule has 0 bridgehead atoms. The average molecular weight is 445 g/mol. The van der Waals surface area contributed by atoms with Crippen LogP contribution in [0.5, 0.6) is 11.5 Å². The van der Waals surface area contributed by atoms with Crippen molar-refractivity contribution < 1.29 is 19.1 Å². The highest BCUT2D eigenvalue weighted by Gasteiger charge is 2.16. The Morgan fingerprint density at radius 1 is 0.818 bits per heavy atom. The number of anilines is 2. The van der Waals surface area contributed by atoms with E-state index in [1.165, 1.54) is 6.08 Å². The zero-order valence-corrected chi connectivity index (χ0v) is 19.1. The van der Waals surface area contributed by atoms with E-state index in [1.807, 2.05) is 51.1 Å². The van der Waals surface area contributed by atoms with Crippen molar-refractivity contribution in [2.75, 3.05) is 23.8 Å². The number of ether oxygens (including phenoxy) is 2. The van der Waals surface area contributed by atoms with Crippen LogP contribution in [0.1, 0.15) is 35.3 Å². The lowest BCUT2D eigenvalue weighted by molar-refractivity contribution is -0.111. The zero-order valence-electron chi connectivity index (χ0n) is 19.1. The van der Waals surface area contributed by atoms with E-state index in [1.54, 1.807) is 42.5 Å². The third-order valence-corrected chi connectivity index (χ3v) is 4.73. The van der Waals surface area contributed by atoms with E-state index in [0.29, 0.717) is 41.7 Å². The largest absolute Gasteiger partial charge is 0.492 e. The van der Waals surface area contributed by atoms with Crippen molar-refractivity contribution in [3.05, 3.63) is 89.5 Å². The lowest BCUT2D eigenvalue weighted by Crippen LogP contribution is -2.14. The summed E-state index contributed by atoms with van der Waals surface area (Å²) in [5.74, 6) is 0.293. The number of hydrogen-bond donors (Lipinski definition) is 2. The fourth-order valence-corrected chi connectivity index (χ4v) is 3.11. The first-order chi connectivity index (χ1) is 16.0. The minimum atomic E-state index is -0.306. The third-order valence-electron chi connectivity index (χ3n) is 4.73. The van der Waals surface area contributed by atoms with Gasteiger partial charge in [-0.1, -0.05) is 48.0 Å². The van der Waals surface area contributed by atoms with Gasteiger partial charge in [0.15, 0.2) is 0 Å². The molecule has 0 heterocycles. The summed E-state index contributed by atoms with van der Waals surface area (Å²) >= 11 is 0. The molecule has 6 nitrogen and oxygen atoms in total. The maximum Gasteiger partial charge on any atom is 0.255 e. The molecule has 2 amide bonds. The quantitative estimate of drug-likeness (QED) is 0.415. The predicted molar refractivity (Wildman–Crippen MR) is 132 cm³/mol. The SMILES string of the molecule is CCOc1cc(NC(=O)c2ccccc2)c(OCC)cc1NC(=O)C=Cc1ccc(C)cc1. The van der Waals surface area contributed by atoms with Gasteiger partial charge in [0.1, 0.15) is 11.5 Å². The summed E-state index contributed by atoms with van der Waals surface area (Å²) in [5.41, 5.74) is 3.52. The molecular weight excluding hydrogens is 416 g/mol. The molecule has 33 heavy (non-hydrogen) atoms. The van der Waals surface area contributed by atoms with Gasteiger partial charge in [-0.25, -0.2) is 0 Å². The van der Waals surface area contributed by atoms with E-state index in [2.05, 4.69) is 10.6 Å². The molecule has 2 N–H and O–H groups in total. The van der Waals surface area contributed by atoms with Crippen molar-refractivity contribution in [2.24, 2.45) is 0 Å². The normalized spacial score (nSPS) is 10.6. The summed E-state index contributed by atoms with van der Waals surface area (Å²) in [6.07, 6.45) is 3.21. The number of rotatable bonds is 9. The number of hydrogen-bond acceptors (Lipinski definition) is 4. The summed E-state index contributed by atoms with van der Waals surface area (Å²) in [4.78, 5) is 25.2. The molecule has 0 radical (unpaired) electrons. The van der Waals surface area contributed by atoms with Crippen LogP contribution in [0.3, 0.4) is 0 Å². The van der Waals surface area contributed by atoms with Crippen LogP contribution >= 0.6 is 0 Å². The van der Waals surface area contributed by atoms with Crippen LogP contribution in [-0.4, -0.2) is 25.0 Å². The highest BCUT2D eigenvalue weighted by Crippen LogP contribution is 2.37. The fraction of sp³-hybridized carbons (Fsp3) is 0.185. The Kier molecular flexibility index (Phi) is 8.24. The van der Waals surface area contributed by atoms with Crippen LogP contribution in [0.15, 0.2) is 72.8 Å². The van der Waals surface area contributed by atoms with Gasteiger partial charge in [-0.15, -0.1) is 0 Å². The first kappa shape index (κ1) is 23.6. The molecule has 6 heteroatoms. The number of aryl methyl sites for hydroxylation is 1. The number of carbonyl (C=O) groups excluding carboxylic acids is 2. The van der Waals surface area contributed by atoms with E-state index < -0.39 is 0 Å². The van der Waals surface area contributed by atoms with Crippen LogP contribution in [0.2, 0.25) is 0 Å².